The number of benzene rings is 4. The van der Waals surface area contributed by atoms with Crippen LogP contribution in [-0.4, -0.2) is 134 Å². The second kappa shape index (κ2) is 62.0. The first-order chi connectivity index (χ1) is 43.1. The maximum absolute atomic E-state index is 13.5. The minimum absolute atomic E-state index is 0. The number of aromatic nitrogens is 4. The molecule has 0 radical (unpaired) electrons. The van der Waals surface area contributed by atoms with Gasteiger partial charge in [-0.25, -0.2) is 0 Å². The van der Waals surface area contributed by atoms with Gasteiger partial charge in [0.15, 0.2) is 17.4 Å². The highest BCUT2D eigenvalue weighted by atomic mass is 32.2. The molecule has 0 aliphatic heterocycles. The van der Waals surface area contributed by atoms with Gasteiger partial charge in [0.2, 0.25) is 0 Å². The summed E-state index contributed by atoms with van der Waals surface area (Å²) in [5.41, 5.74) is 7.37. The van der Waals surface area contributed by atoms with E-state index in [1.807, 2.05) is 32.5 Å². The average Bonchev–Trinajstić information content (AvgIpc) is 1.08. The summed E-state index contributed by atoms with van der Waals surface area (Å²) in [7, 11) is 1.26. The molecule has 0 fully saturated rings. The standard InChI is InChI=1S/C36H50N2O6S4Si.C29H38N2O5S4Si.14CH4/c1-8-10-19-44-33(41)36(4,21-31(32(39)40)24-45-25-49(7,42-5)43-6)20-26(3)30-17-15-29(16-18-30)23-47-35-38-37-34(48-35)46-22-28-13-11-27(9-2)12-14-28;1-6-22-7-9-23(10-8-22)16-38-27-30-31-28(40-27)39-17-24-11-13-25(14-12-24)21(2)15-29(3,26(33)34)18-37-20-41(19-32,35-4)36-5;;;;;;;;;;;;;;/h9,11-18,26,31H,2,8,10,19-25H2,1,3-7H3,(H,39,40);6-14,21,32H,1,15-20H2,2-5H3,(H,33,34);14*1H4. The Balaban J connectivity index is -0.000000189. The van der Waals surface area contributed by atoms with Crippen molar-refractivity contribution in [1.82, 2.24) is 20.4 Å². The van der Waals surface area contributed by atoms with Gasteiger partial charge in [0.1, 0.15) is 0 Å². The van der Waals surface area contributed by atoms with Crippen molar-refractivity contribution >= 4 is 140 Å². The van der Waals surface area contributed by atoms with Gasteiger partial charge in [0.25, 0.3) is 0 Å². The van der Waals surface area contributed by atoms with E-state index in [9.17, 15) is 29.7 Å². The van der Waals surface area contributed by atoms with Crippen LogP contribution < -0.4 is 0 Å². The number of aliphatic hydroxyl groups excluding tert-OH is 1. The largest absolute Gasteiger partial charge is 0.481 e. The lowest BCUT2D eigenvalue weighted by molar-refractivity contribution is -0.158. The normalized spacial score (nSPS) is 12.2. The van der Waals surface area contributed by atoms with Crippen LogP contribution in [-0.2, 0) is 59.8 Å². The molecular formula is C79H144N4O11S8Si2. The summed E-state index contributed by atoms with van der Waals surface area (Å²) in [6, 6.07) is 33.5. The molecule has 0 saturated carbocycles. The lowest BCUT2D eigenvalue weighted by atomic mass is 9.73. The van der Waals surface area contributed by atoms with Crippen LogP contribution in [0.15, 0.2) is 128 Å². The Morgan fingerprint density at radius 3 is 1.17 bits per heavy atom. The molecule has 0 amide bonds. The summed E-state index contributed by atoms with van der Waals surface area (Å²) in [5, 5.41) is 48.4. The Kier molecular flexibility index (Phi) is 72.3. The second-order valence-electron chi connectivity index (χ2n) is 22.6. The number of carbonyl (C=O) groups is 3. The van der Waals surface area contributed by atoms with Crippen molar-refractivity contribution in [3.8, 4) is 0 Å². The molecule has 2 heterocycles. The van der Waals surface area contributed by atoms with Crippen molar-refractivity contribution < 1.29 is 52.1 Å². The van der Waals surface area contributed by atoms with Crippen LogP contribution in [0, 0.1) is 16.7 Å². The van der Waals surface area contributed by atoms with E-state index in [1.54, 1.807) is 90.9 Å². The highest BCUT2D eigenvalue weighted by Gasteiger charge is 2.42. The SMILES string of the molecule is C.C.C.C.C.C.C.C.C.C.C.C.C.C.C=Cc1ccc(CSc2nnc(SCc3ccc(C(C)CC(C)(CC(CSC[Si](C)(OC)OC)C(=O)O)C(=O)OCCCC)cc3)s2)cc1.C=Cc1ccc(CSc2nnc(SCc3ccc(C(C)CC(C)(CSC[Si](CO)(OC)OC)C(=O)O)cc3)s2)cc1. The van der Waals surface area contributed by atoms with Gasteiger partial charge in [-0.2, -0.15) is 23.5 Å². The number of carboxylic acids is 2. The number of unbranched alkanes of at least 4 members (excludes halogenated alkanes) is 1. The molecule has 104 heavy (non-hydrogen) atoms. The van der Waals surface area contributed by atoms with E-state index in [-0.39, 0.29) is 134 Å². The predicted octanol–water partition coefficient (Wildman–Crippen LogP) is 25.1. The minimum atomic E-state index is -2.70. The third kappa shape index (κ3) is 40.1. The van der Waals surface area contributed by atoms with E-state index in [4.69, 9.17) is 22.4 Å². The highest BCUT2D eigenvalue weighted by molar-refractivity contribution is 8.03. The topological polar surface area (TPSA) is 210 Å². The molecule has 0 spiro atoms. The molecule has 0 aliphatic rings. The molecule has 602 valence electrons. The molecule has 6 aromatic rings. The van der Waals surface area contributed by atoms with Crippen LogP contribution in [0.1, 0.15) is 227 Å². The zero-order valence-corrected chi connectivity index (χ0v) is 61.8. The summed E-state index contributed by atoms with van der Waals surface area (Å²) >= 11 is 12.9. The molecule has 0 saturated heterocycles. The van der Waals surface area contributed by atoms with Gasteiger partial charge in [-0.05, 0) is 102 Å². The van der Waals surface area contributed by atoms with Gasteiger partial charge in [-0.1, -0.05) is 323 Å². The number of hydrogen-bond acceptors (Lipinski definition) is 21. The number of carboxylic acid groups (broad SMARTS) is 2. The molecule has 5 atom stereocenters. The van der Waals surface area contributed by atoms with Crippen LogP contribution in [0.3, 0.4) is 0 Å². The molecule has 4 aromatic carbocycles. The van der Waals surface area contributed by atoms with Crippen LogP contribution in [0.4, 0.5) is 0 Å². The average molecular weight is 1640 g/mol. The zero-order valence-electron chi connectivity index (χ0n) is 53.3. The third-order valence-electron chi connectivity index (χ3n) is 15.3. The molecular weight excluding hydrogens is 1490 g/mol. The van der Waals surface area contributed by atoms with Crippen molar-refractivity contribution in [1.29, 1.82) is 0 Å². The molecule has 6 rings (SSSR count). The molecule has 15 nitrogen and oxygen atoms in total. The van der Waals surface area contributed by atoms with E-state index in [2.05, 4.69) is 144 Å². The fourth-order valence-electron chi connectivity index (χ4n) is 9.28. The van der Waals surface area contributed by atoms with Crippen molar-refractivity contribution in [3.63, 3.8) is 0 Å². The zero-order chi connectivity index (χ0) is 65.7. The Labute approximate surface area is 672 Å². The lowest BCUT2D eigenvalue weighted by Gasteiger charge is -2.33. The second-order valence-corrected chi connectivity index (χ2v) is 39.2. The van der Waals surface area contributed by atoms with Gasteiger partial charge in [0, 0.05) is 73.7 Å². The minimum Gasteiger partial charge on any atom is -0.481 e. The summed E-state index contributed by atoms with van der Waals surface area (Å²) in [4.78, 5) is 38.2. The Morgan fingerprint density at radius 2 is 0.875 bits per heavy atom. The number of rotatable bonds is 41. The number of aliphatic hydroxyl groups is 1. The number of hydrogen-bond donors (Lipinski definition) is 3. The molecule has 5 unspecified atom stereocenters. The van der Waals surface area contributed by atoms with E-state index in [0.717, 1.165) is 75.5 Å². The first kappa shape index (κ1) is 121. The number of esters is 1. The molecule has 0 bridgehead atoms. The summed E-state index contributed by atoms with van der Waals surface area (Å²) < 4.78 is 31.5. The van der Waals surface area contributed by atoms with Gasteiger partial charge in [-0.3, -0.25) is 14.4 Å². The van der Waals surface area contributed by atoms with Crippen LogP contribution in [0.5, 0.6) is 0 Å². The lowest BCUT2D eigenvalue weighted by Crippen LogP contribution is -2.48. The van der Waals surface area contributed by atoms with Crippen LogP contribution in [0.2, 0.25) is 6.55 Å². The summed E-state index contributed by atoms with van der Waals surface area (Å²) in [5.74, 6) is 1.33. The number of ether oxygens (including phenoxy) is 1. The number of nitrogens with zero attached hydrogens (tertiary/aromatic N) is 4. The van der Waals surface area contributed by atoms with E-state index in [1.165, 1.54) is 60.0 Å². The fourth-order valence-corrected chi connectivity index (χ4v) is 22.8. The maximum atomic E-state index is 13.5. The van der Waals surface area contributed by atoms with Crippen molar-refractivity contribution in [3.05, 3.63) is 155 Å². The smallest absolute Gasteiger partial charge is 0.374 e. The van der Waals surface area contributed by atoms with Crippen LogP contribution in [0.25, 0.3) is 12.2 Å². The number of carbonyl (C=O) groups excluding carboxylic acids is 1. The molecule has 3 N–H and O–H groups in total. The Hall–Kier alpha value is -3.78. The molecule has 2 aromatic heterocycles. The Bertz CT molecular complexity index is 3140. The summed E-state index contributed by atoms with van der Waals surface area (Å²) in [6.07, 6.45) is 6.37. The fraction of sp³-hybridized carbons (Fsp3) is 0.557. The van der Waals surface area contributed by atoms with E-state index in [0.29, 0.717) is 41.7 Å². The van der Waals surface area contributed by atoms with E-state index >= 15 is 0 Å². The van der Waals surface area contributed by atoms with Crippen LogP contribution >= 0.6 is 93.2 Å². The van der Waals surface area contributed by atoms with Gasteiger partial charge in [0.05, 0.1) is 29.6 Å². The van der Waals surface area contributed by atoms with Crippen molar-refractivity contribution in [2.75, 3.05) is 63.5 Å². The Morgan fingerprint density at radius 1 is 0.529 bits per heavy atom. The highest BCUT2D eigenvalue weighted by Crippen LogP contribution is 2.41. The number of aliphatic carboxylic acids is 2. The monoisotopic (exact) mass is 1640 g/mol. The third-order valence-corrected chi connectivity index (χ3v) is 32.7. The molecule has 25 heteroatoms. The van der Waals surface area contributed by atoms with Gasteiger partial charge >= 0.3 is 35.0 Å². The van der Waals surface area contributed by atoms with Crippen molar-refractivity contribution in [2.45, 2.75) is 229 Å². The summed E-state index contributed by atoms with van der Waals surface area (Å²) in [6.45, 7) is 19.7. The predicted molar refractivity (Wildman–Crippen MR) is 477 cm³/mol. The first-order valence-electron chi connectivity index (χ1n) is 29.5. The van der Waals surface area contributed by atoms with Crippen molar-refractivity contribution in [2.24, 2.45) is 16.7 Å². The van der Waals surface area contributed by atoms with Gasteiger partial charge < -0.3 is 37.8 Å². The maximum Gasteiger partial charge on any atom is 0.374 e. The number of thioether (sulfide) groups is 6. The van der Waals surface area contributed by atoms with Gasteiger partial charge in [-0.15, -0.1) is 20.4 Å². The van der Waals surface area contributed by atoms with E-state index < -0.39 is 45.8 Å². The molecule has 0 aliphatic carbocycles. The first-order valence-corrected chi connectivity index (χ1v) is 42.1. The quantitative estimate of drug-likeness (QED) is 0.0141.